The molecule has 1 amide bonds. The summed E-state index contributed by atoms with van der Waals surface area (Å²) >= 11 is 1.53. The second-order valence-corrected chi connectivity index (χ2v) is 6.45. The van der Waals surface area contributed by atoms with Crippen molar-refractivity contribution in [2.45, 2.75) is 39.4 Å². The Morgan fingerprint density at radius 2 is 2.36 bits per heavy atom. The molecule has 1 aliphatic heterocycles. The lowest BCUT2D eigenvalue weighted by Crippen LogP contribution is -2.34. The van der Waals surface area contributed by atoms with Gasteiger partial charge < -0.3 is 5.32 Å². The summed E-state index contributed by atoms with van der Waals surface area (Å²) in [6.45, 7) is 6.84. The first-order valence-corrected chi connectivity index (χ1v) is 8.79. The van der Waals surface area contributed by atoms with Gasteiger partial charge in [0.05, 0.1) is 24.5 Å². The van der Waals surface area contributed by atoms with Crippen molar-refractivity contribution in [1.29, 1.82) is 0 Å². The van der Waals surface area contributed by atoms with E-state index in [0.717, 1.165) is 37.4 Å². The summed E-state index contributed by atoms with van der Waals surface area (Å²) in [7, 11) is 0. The maximum absolute atomic E-state index is 11.9. The van der Waals surface area contributed by atoms with Gasteiger partial charge in [-0.05, 0) is 30.5 Å². The van der Waals surface area contributed by atoms with E-state index in [0.29, 0.717) is 6.54 Å². The summed E-state index contributed by atoms with van der Waals surface area (Å²) in [5.74, 6) is -0.0307. The van der Waals surface area contributed by atoms with E-state index in [1.165, 1.54) is 29.9 Å². The van der Waals surface area contributed by atoms with Crippen molar-refractivity contribution in [1.82, 2.24) is 20.0 Å². The molecule has 0 fully saturated rings. The zero-order valence-corrected chi connectivity index (χ0v) is 13.7. The van der Waals surface area contributed by atoms with Crippen LogP contribution in [-0.4, -0.2) is 33.7 Å². The number of unbranched alkanes of at least 4 members (excludes halogenated alkanes) is 1. The van der Waals surface area contributed by atoms with Crippen LogP contribution in [0.1, 0.15) is 41.5 Å². The van der Waals surface area contributed by atoms with E-state index in [-0.39, 0.29) is 5.91 Å². The molecule has 6 heteroatoms. The molecule has 0 aliphatic carbocycles. The lowest BCUT2D eigenvalue weighted by Gasteiger charge is -2.27. The second-order valence-electron chi connectivity index (χ2n) is 5.67. The average Bonchev–Trinajstić information content (AvgIpc) is 3.19. The molecule has 0 saturated heterocycles. The summed E-state index contributed by atoms with van der Waals surface area (Å²) in [5, 5.41) is 11.3. The topological polar surface area (TPSA) is 50.2 Å². The summed E-state index contributed by atoms with van der Waals surface area (Å²) in [5.41, 5.74) is 2.91. The normalized spacial score (nSPS) is 14.8. The number of amides is 1. The Hall–Kier alpha value is -1.66. The number of hydrogen-bond donors (Lipinski definition) is 1. The van der Waals surface area contributed by atoms with Crippen LogP contribution in [-0.2, 0) is 19.6 Å². The fraction of sp³-hybridized carbons (Fsp3) is 0.500. The smallest absolute Gasteiger partial charge is 0.252 e. The van der Waals surface area contributed by atoms with Gasteiger partial charge in [-0.25, -0.2) is 0 Å². The molecule has 1 aliphatic rings. The molecule has 0 radical (unpaired) electrons. The van der Waals surface area contributed by atoms with Gasteiger partial charge in [-0.2, -0.15) is 16.4 Å². The molecule has 0 spiro atoms. The monoisotopic (exact) mass is 318 g/mol. The van der Waals surface area contributed by atoms with Crippen molar-refractivity contribution in [2.75, 3.05) is 13.1 Å². The maximum Gasteiger partial charge on any atom is 0.252 e. The molecule has 0 bridgehead atoms. The maximum atomic E-state index is 11.9. The molecule has 1 N–H and O–H groups in total. The summed E-state index contributed by atoms with van der Waals surface area (Å²) < 4.78 is 2.08. The van der Waals surface area contributed by atoms with Crippen molar-refractivity contribution in [3.8, 4) is 0 Å². The van der Waals surface area contributed by atoms with Gasteiger partial charge in [0, 0.05) is 24.0 Å². The van der Waals surface area contributed by atoms with E-state index < -0.39 is 0 Å². The highest BCUT2D eigenvalue weighted by Crippen LogP contribution is 2.14. The van der Waals surface area contributed by atoms with Gasteiger partial charge in [-0.3, -0.25) is 14.4 Å². The zero-order chi connectivity index (χ0) is 15.4. The van der Waals surface area contributed by atoms with Gasteiger partial charge in [0.25, 0.3) is 5.91 Å². The highest BCUT2D eigenvalue weighted by Gasteiger charge is 2.18. The van der Waals surface area contributed by atoms with Crippen LogP contribution in [0.25, 0.3) is 0 Å². The van der Waals surface area contributed by atoms with Gasteiger partial charge in [0.2, 0.25) is 0 Å². The van der Waals surface area contributed by atoms with Gasteiger partial charge in [-0.1, -0.05) is 13.3 Å². The van der Waals surface area contributed by atoms with Crippen LogP contribution in [0.3, 0.4) is 0 Å². The van der Waals surface area contributed by atoms with E-state index in [2.05, 4.69) is 33.0 Å². The predicted molar refractivity (Wildman–Crippen MR) is 87.9 cm³/mol. The minimum atomic E-state index is -0.0307. The number of nitrogens with one attached hydrogen (secondary N) is 1. The van der Waals surface area contributed by atoms with Crippen molar-refractivity contribution in [3.05, 3.63) is 39.8 Å². The van der Waals surface area contributed by atoms with E-state index in [9.17, 15) is 4.79 Å². The second kappa shape index (κ2) is 7.07. The lowest BCUT2D eigenvalue weighted by molar-refractivity contribution is 0.0951. The van der Waals surface area contributed by atoms with E-state index in [4.69, 9.17) is 0 Å². The largest absolute Gasteiger partial charge is 0.346 e. The molecule has 0 saturated carbocycles. The lowest BCUT2D eigenvalue weighted by atomic mass is 10.2. The van der Waals surface area contributed by atoms with Crippen LogP contribution in [0, 0.1) is 0 Å². The third kappa shape index (κ3) is 3.56. The van der Waals surface area contributed by atoms with Crippen LogP contribution in [0.2, 0.25) is 0 Å². The standard InChI is InChI=1S/C16H22N4OS/c1-2-3-5-19-6-7-20-15(11-19)9-14(18-20)10-17-16(21)13-4-8-22-12-13/h4,8-9,12H,2-3,5-7,10-11H2,1H3,(H,17,21). The Morgan fingerprint density at radius 1 is 1.45 bits per heavy atom. The Balaban J connectivity index is 1.56. The average molecular weight is 318 g/mol. The minimum absolute atomic E-state index is 0.0307. The van der Waals surface area contributed by atoms with Crippen LogP contribution in [0.15, 0.2) is 22.9 Å². The molecule has 0 aromatic carbocycles. The Kier molecular flexibility index (Phi) is 4.90. The number of carbonyl (C=O) groups excluding carboxylic acids is 1. The molecule has 3 rings (SSSR count). The Morgan fingerprint density at radius 3 is 3.14 bits per heavy atom. The van der Waals surface area contributed by atoms with E-state index in [1.807, 2.05) is 16.8 Å². The molecule has 5 nitrogen and oxygen atoms in total. The van der Waals surface area contributed by atoms with Gasteiger partial charge in [0.1, 0.15) is 0 Å². The number of aromatic nitrogens is 2. The molecular weight excluding hydrogens is 296 g/mol. The molecule has 0 atom stereocenters. The SMILES string of the molecule is CCCCN1CCn2nc(CNC(=O)c3ccsc3)cc2C1. The fourth-order valence-electron chi connectivity index (χ4n) is 2.71. The van der Waals surface area contributed by atoms with Crippen LogP contribution in [0.5, 0.6) is 0 Å². The summed E-state index contributed by atoms with van der Waals surface area (Å²) in [6.07, 6.45) is 2.48. The summed E-state index contributed by atoms with van der Waals surface area (Å²) in [6, 6.07) is 3.95. The molecule has 2 aromatic rings. The molecule has 22 heavy (non-hydrogen) atoms. The number of fused-ring (bicyclic) bond motifs is 1. The highest BCUT2D eigenvalue weighted by atomic mass is 32.1. The van der Waals surface area contributed by atoms with Crippen LogP contribution in [0.4, 0.5) is 0 Å². The first-order chi connectivity index (χ1) is 10.8. The molecular formula is C16H22N4OS. The van der Waals surface area contributed by atoms with Crippen molar-refractivity contribution < 1.29 is 4.79 Å². The van der Waals surface area contributed by atoms with Crippen molar-refractivity contribution in [2.24, 2.45) is 0 Å². The number of hydrogen-bond acceptors (Lipinski definition) is 4. The molecule has 2 aromatic heterocycles. The summed E-state index contributed by atoms with van der Waals surface area (Å²) in [4.78, 5) is 14.4. The first kappa shape index (κ1) is 15.2. The van der Waals surface area contributed by atoms with Gasteiger partial charge in [0.15, 0.2) is 0 Å². The minimum Gasteiger partial charge on any atom is -0.346 e. The number of nitrogens with zero attached hydrogens (tertiary/aromatic N) is 3. The molecule has 0 unspecified atom stereocenters. The molecule has 118 valence electrons. The van der Waals surface area contributed by atoms with Gasteiger partial charge in [-0.15, -0.1) is 0 Å². The van der Waals surface area contributed by atoms with Gasteiger partial charge >= 0.3 is 0 Å². The van der Waals surface area contributed by atoms with Crippen molar-refractivity contribution >= 4 is 17.2 Å². The Bertz CT molecular complexity index is 620. The van der Waals surface area contributed by atoms with Crippen LogP contribution >= 0.6 is 11.3 Å². The zero-order valence-electron chi connectivity index (χ0n) is 12.9. The predicted octanol–water partition coefficient (Wildman–Crippen LogP) is 2.49. The number of thiophene rings is 1. The van der Waals surface area contributed by atoms with E-state index >= 15 is 0 Å². The van der Waals surface area contributed by atoms with Crippen LogP contribution < -0.4 is 5.32 Å². The number of rotatable bonds is 6. The third-order valence-corrected chi connectivity index (χ3v) is 4.65. The van der Waals surface area contributed by atoms with E-state index in [1.54, 1.807) is 0 Å². The fourth-order valence-corrected chi connectivity index (χ4v) is 3.34. The van der Waals surface area contributed by atoms with Crippen molar-refractivity contribution in [3.63, 3.8) is 0 Å². The molecule has 3 heterocycles. The highest BCUT2D eigenvalue weighted by molar-refractivity contribution is 7.08. The number of carbonyl (C=O) groups is 1. The Labute approximate surface area is 134 Å². The first-order valence-electron chi connectivity index (χ1n) is 7.84. The quantitative estimate of drug-likeness (QED) is 0.890. The third-order valence-electron chi connectivity index (χ3n) is 3.97.